The van der Waals surface area contributed by atoms with Gasteiger partial charge in [-0.15, -0.1) is 0 Å². The number of anilines is 1. The van der Waals surface area contributed by atoms with Crippen LogP contribution >= 0.6 is 0 Å². The van der Waals surface area contributed by atoms with E-state index in [1.807, 2.05) is 36.4 Å². The molecule has 22 heavy (non-hydrogen) atoms. The van der Waals surface area contributed by atoms with Crippen molar-refractivity contribution in [1.29, 1.82) is 0 Å². The second-order valence-electron chi connectivity index (χ2n) is 5.34. The van der Waals surface area contributed by atoms with E-state index in [0.717, 1.165) is 36.3 Å². The zero-order chi connectivity index (χ0) is 15.8. The van der Waals surface area contributed by atoms with Gasteiger partial charge in [0.25, 0.3) is 0 Å². The van der Waals surface area contributed by atoms with Crippen molar-refractivity contribution in [3.8, 4) is 5.75 Å². The van der Waals surface area contributed by atoms with Gasteiger partial charge in [-0.2, -0.15) is 0 Å². The fourth-order valence-corrected chi connectivity index (χ4v) is 2.37. The summed E-state index contributed by atoms with van der Waals surface area (Å²) in [6.07, 6.45) is 3.29. The zero-order valence-electron chi connectivity index (χ0n) is 13.3. The molecule has 0 fully saturated rings. The van der Waals surface area contributed by atoms with Crippen molar-refractivity contribution in [3.05, 3.63) is 59.7 Å². The first-order valence-corrected chi connectivity index (χ1v) is 7.73. The highest BCUT2D eigenvalue weighted by Crippen LogP contribution is 2.25. The smallest absolute Gasteiger partial charge is 0.224 e. The Morgan fingerprint density at radius 2 is 1.91 bits per heavy atom. The average Bonchev–Trinajstić information content (AvgIpc) is 2.54. The third-order valence-corrected chi connectivity index (χ3v) is 3.56. The second-order valence-corrected chi connectivity index (χ2v) is 5.34. The van der Waals surface area contributed by atoms with Crippen LogP contribution in [-0.2, 0) is 11.2 Å². The van der Waals surface area contributed by atoms with Gasteiger partial charge in [-0.1, -0.05) is 43.7 Å². The van der Waals surface area contributed by atoms with E-state index in [1.165, 1.54) is 5.56 Å². The summed E-state index contributed by atoms with van der Waals surface area (Å²) in [4.78, 5) is 11.9. The van der Waals surface area contributed by atoms with E-state index in [1.54, 1.807) is 7.11 Å². The molecule has 3 heteroatoms. The minimum atomic E-state index is 0.0673. The maximum Gasteiger partial charge on any atom is 0.224 e. The summed E-state index contributed by atoms with van der Waals surface area (Å²) in [5.74, 6) is 0.910. The molecule has 0 aliphatic carbocycles. The minimum absolute atomic E-state index is 0.0673. The Balaban J connectivity index is 2.14. The predicted octanol–water partition coefficient (Wildman–Crippen LogP) is 4.41. The van der Waals surface area contributed by atoms with Crippen LogP contribution in [0.2, 0.25) is 0 Å². The molecule has 0 unspecified atom stereocenters. The van der Waals surface area contributed by atoms with Gasteiger partial charge in [0, 0.05) is 24.1 Å². The second kappa shape index (κ2) is 8.23. The van der Waals surface area contributed by atoms with Crippen molar-refractivity contribution in [2.75, 3.05) is 12.4 Å². The number of carbonyl (C=O) groups excluding carboxylic acids is 1. The molecule has 0 bridgehead atoms. The van der Waals surface area contributed by atoms with Crippen molar-refractivity contribution in [2.24, 2.45) is 0 Å². The van der Waals surface area contributed by atoms with Crippen LogP contribution in [0.4, 0.5) is 5.69 Å². The SMILES string of the molecule is CCCCC(=O)Nc1ccc(OC)c(Cc2ccccc2)c1. The number of nitrogens with one attached hydrogen (secondary N) is 1. The number of rotatable bonds is 7. The molecule has 1 N–H and O–H groups in total. The summed E-state index contributed by atoms with van der Waals surface area (Å²) in [6, 6.07) is 16.0. The Morgan fingerprint density at radius 3 is 2.59 bits per heavy atom. The van der Waals surface area contributed by atoms with Gasteiger partial charge in [0.15, 0.2) is 0 Å². The maximum atomic E-state index is 11.9. The summed E-state index contributed by atoms with van der Waals surface area (Å²) in [7, 11) is 1.67. The Labute approximate surface area is 132 Å². The monoisotopic (exact) mass is 297 g/mol. The van der Waals surface area contributed by atoms with E-state index in [2.05, 4.69) is 24.4 Å². The molecule has 0 saturated carbocycles. The minimum Gasteiger partial charge on any atom is -0.496 e. The summed E-state index contributed by atoms with van der Waals surface area (Å²) < 4.78 is 5.43. The number of amides is 1. The van der Waals surface area contributed by atoms with Crippen LogP contribution in [0, 0.1) is 0 Å². The van der Waals surface area contributed by atoms with E-state index in [0.29, 0.717) is 6.42 Å². The number of hydrogen-bond donors (Lipinski definition) is 1. The molecule has 0 saturated heterocycles. The molecule has 0 aromatic heterocycles. The van der Waals surface area contributed by atoms with Gasteiger partial charge in [-0.25, -0.2) is 0 Å². The molecule has 0 radical (unpaired) electrons. The van der Waals surface area contributed by atoms with Crippen LogP contribution in [0.1, 0.15) is 37.3 Å². The lowest BCUT2D eigenvalue weighted by Crippen LogP contribution is -2.11. The van der Waals surface area contributed by atoms with E-state index in [4.69, 9.17) is 4.74 Å². The van der Waals surface area contributed by atoms with E-state index < -0.39 is 0 Å². The van der Waals surface area contributed by atoms with Gasteiger partial charge >= 0.3 is 0 Å². The van der Waals surface area contributed by atoms with Gasteiger partial charge in [-0.3, -0.25) is 4.79 Å². The maximum absolute atomic E-state index is 11.9. The van der Waals surface area contributed by atoms with Crippen LogP contribution in [0.15, 0.2) is 48.5 Å². The molecule has 116 valence electrons. The van der Waals surface area contributed by atoms with Gasteiger partial charge in [0.05, 0.1) is 7.11 Å². The first-order valence-electron chi connectivity index (χ1n) is 7.73. The Hall–Kier alpha value is -2.29. The lowest BCUT2D eigenvalue weighted by Gasteiger charge is -2.12. The number of carbonyl (C=O) groups is 1. The van der Waals surface area contributed by atoms with Crippen molar-refractivity contribution >= 4 is 11.6 Å². The van der Waals surface area contributed by atoms with Crippen molar-refractivity contribution < 1.29 is 9.53 Å². The lowest BCUT2D eigenvalue weighted by molar-refractivity contribution is -0.116. The number of benzene rings is 2. The molecule has 0 spiro atoms. The topological polar surface area (TPSA) is 38.3 Å². The Bertz CT molecular complexity index is 608. The summed E-state index contributed by atoms with van der Waals surface area (Å²) in [5.41, 5.74) is 3.12. The molecule has 0 aliphatic rings. The molecular formula is C19H23NO2. The van der Waals surface area contributed by atoms with Gasteiger partial charge in [0.2, 0.25) is 5.91 Å². The third kappa shape index (κ3) is 4.62. The highest BCUT2D eigenvalue weighted by molar-refractivity contribution is 5.90. The molecule has 1 amide bonds. The van der Waals surface area contributed by atoms with Crippen LogP contribution in [0.3, 0.4) is 0 Å². The average molecular weight is 297 g/mol. The van der Waals surface area contributed by atoms with Crippen molar-refractivity contribution in [3.63, 3.8) is 0 Å². The largest absolute Gasteiger partial charge is 0.496 e. The van der Waals surface area contributed by atoms with Crippen LogP contribution in [0.25, 0.3) is 0 Å². The summed E-state index contributed by atoms with van der Waals surface area (Å²) in [6.45, 7) is 2.08. The van der Waals surface area contributed by atoms with Crippen molar-refractivity contribution in [1.82, 2.24) is 0 Å². The zero-order valence-corrected chi connectivity index (χ0v) is 13.3. The molecule has 0 heterocycles. The summed E-state index contributed by atoms with van der Waals surface area (Å²) in [5, 5.41) is 2.96. The lowest BCUT2D eigenvalue weighted by atomic mass is 10.0. The van der Waals surface area contributed by atoms with E-state index in [9.17, 15) is 4.79 Å². The molecule has 2 aromatic carbocycles. The molecule has 0 aliphatic heterocycles. The van der Waals surface area contributed by atoms with Crippen LogP contribution in [-0.4, -0.2) is 13.0 Å². The van der Waals surface area contributed by atoms with Gasteiger partial charge < -0.3 is 10.1 Å². The standard InChI is InChI=1S/C19H23NO2/c1-3-4-10-19(21)20-17-11-12-18(22-2)16(14-17)13-15-8-6-5-7-9-15/h5-9,11-12,14H,3-4,10,13H2,1-2H3,(H,20,21). The van der Waals surface area contributed by atoms with Gasteiger partial charge in [0.1, 0.15) is 5.75 Å². The molecule has 0 atom stereocenters. The third-order valence-electron chi connectivity index (χ3n) is 3.56. The van der Waals surface area contributed by atoms with Crippen LogP contribution < -0.4 is 10.1 Å². The molecule has 3 nitrogen and oxygen atoms in total. The van der Waals surface area contributed by atoms with Gasteiger partial charge in [-0.05, 0) is 30.2 Å². The highest BCUT2D eigenvalue weighted by Gasteiger charge is 2.08. The first-order chi connectivity index (χ1) is 10.7. The predicted molar refractivity (Wildman–Crippen MR) is 90.4 cm³/mol. The number of unbranched alkanes of at least 4 members (excludes halogenated alkanes) is 1. The fourth-order valence-electron chi connectivity index (χ4n) is 2.37. The normalized spacial score (nSPS) is 10.3. The Kier molecular flexibility index (Phi) is 6.01. The molecular weight excluding hydrogens is 274 g/mol. The number of methoxy groups -OCH3 is 1. The fraction of sp³-hybridized carbons (Fsp3) is 0.316. The van der Waals surface area contributed by atoms with Crippen molar-refractivity contribution in [2.45, 2.75) is 32.6 Å². The van der Waals surface area contributed by atoms with E-state index in [-0.39, 0.29) is 5.91 Å². The van der Waals surface area contributed by atoms with E-state index >= 15 is 0 Å². The molecule has 2 rings (SSSR count). The highest BCUT2D eigenvalue weighted by atomic mass is 16.5. The Morgan fingerprint density at radius 1 is 1.14 bits per heavy atom. The summed E-state index contributed by atoms with van der Waals surface area (Å²) >= 11 is 0. The number of ether oxygens (including phenoxy) is 1. The first kappa shape index (κ1) is 16.1. The molecule has 2 aromatic rings. The van der Waals surface area contributed by atoms with Crippen LogP contribution in [0.5, 0.6) is 5.75 Å². The quantitative estimate of drug-likeness (QED) is 0.822. The number of hydrogen-bond acceptors (Lipinski definition) is 2.